The molecule has 0 aliphatic carbocycles. The zero-order chi connectivity index (χ0) is 22.1. The van der Waals surface area contributed by atoms with Crippen LogP contribution in [0, 0.1) is 5.92 Å². The minimum absolute atomic E-state index is 0.0377. The lowest BCUT2D eigenvalue weighted by Gasteiger charge is -2.25. The Morgan fingerprint density at radius 1 is 1.25 bits per heavy atom. The summed E-state index contributed by atoms with van der Waals surface area (Å²) in [6, 6.07) is 5.41. The molecule has 2 amide bonds. The Kier molecular flexibility index (Phi) is 5.99. The maximum Gasteiger partial charge on any atom is 0.231 e. The normalized spacial score (nSPS) is 20.7. The zero-order valence-electron chi connectivity index (χ0n) is 18.0. The van der Waals surface area contributed by atoms with Crippen molar-refractivity contribution in [1.29, 1.82) is 0 Å². The number of thiazole rings is 1. The molecule has 170 valence electrons. The average molecular weight is 459 g/mol. The lowest BCUT2D eigenvalue weighted by molar-refractivity contribution is -0.135. The summed E-state index contributed by atoms with van der Waals surface area (Å²) in [5.74, 6) is 0.827. The molecule has 1 atom stereocenters. The molecule has 0 N–H and O–H groups in total. The van der Waals surface area contributed by atoms with E-state index in [-0.39, 0.29) is 30.9 Å². The topological polar surface area (TPSA) is 84.4 Å². The van der Waals surface area contributed by atoms with E-state index in [2.05, 4.69) is 4.90 Å². The van der Waals surface area contributed by atoms with Gasteiger partial charge in [-0.2, -0.15) is 0 Å². The molecule has 5 rings (SSSR count). The molecule has 2 saturated heterocycles. The molecule has 9 nitrogen and oxygen atoms in total. The van der Waals surface area contributed by atoms with Crippen LogP contribution in [0.3, 0.4) is 0 Å². The first kappa shape index (κ1) is 21.2. The quantitative estimate of drug-likeness (QED) is 0.652. The standard InChI is InChI=1S/C22H26N4O5S/c1-24(11-16-13-32-20(23-16)12-25-4-6-29-7-5-25)22(28)15-8-21(27)26(10-15)17-2-3-18-19(9-17)31-14-30-18/h2-3,9,13,15H,4-8,10-12,14H2,1H3. The van der Waals surface area contributed by atoms with Crippen LogP contribution in [0.4, 0.5) is 5.69 Å². The molecular formula is C22H26N4O5S. The maximum atomic E-state index is 13.0. The van der Waals surface area contributed by atoms with Crippen LogP contribution in [0.25, 0.3) is 0 Å². The van der Waals surface area contributed by atoms with Gasteiger partial charge in [0, 0.05) is 50.2 Å². The Bertz CT molecular complexity index is 1010. The number of carbonyl (C=O) groups is 2. The van der Waals surface area contributed by atoms with Crippen LogP contribution in [0.15, 0.2) is 23.6 Å². The molecule has 1 aromatic heterocycles. The van der Waals surface area contributed by atoms with Gasteiger partial charge in [0.1, 0.15) is 5.01 Å². The third kappa shape index (κ3) is 4.43. The van der Waals surface area contributed by atoms with Gasteiger partial charge in [0.25, 0.3) is 0 Å². The Morgan fingerprint density at radius 2 is 2.06 bits per heavy atom. The van der Waals surface area contributed by atoms with E-state index in [1.54, 1.807) is 40.3 Å². The van der Waals surface area contributed by atoms with Crippen molar-refractivity contribution in [3.05, 3.63) is 34.3 Å². The molecule has 4 heterocycles. The number of ether oxygens (including phenoxy) is 3. The van der Waals surface area contributed by atoms with E-state index >= 15 is 0 Å². The third-order valence-electron chi connectivity index (χ3n) is 5.98. The number of rotatable bonds is 6. The van der Waals surface area contributed by atoms with Crippen LogP contribution in [0.5, 0.6) is 11.5 Å². The van der Waals surface area contributed by atoms with Crippen LogP contribution in [-0.4, -0.2) is 73.3 Å². The lowest BCUT2D eigenvalue weighted by Crippen LogP contribution is -2.35. The summed E-state index contributed by atoms with van der Waals surface area (Å²) in [6.45, 7) is 5.16. The molecule has 1 unspecified atom stereocenters. The smallest absolute Gasteiger partial charge is 0.231 e. The number of hydrogen-bond donors (Lipinski definition) is 0. The molecular weight excluding hydrogens is 432 g/mol. The molecule has 0 saturated carbocycles. The minimum atomic E-state index is -0.371. The highest BCUT2D eigenvalue weighted by atomic mass is 32.1. The monoisotopic (exact) mass is 458 g/mol. The summed E-state index contributed by atoms with van der Waals surface area (Å²) in [7, 11) is 1.77. The summed E-state index contributed by atoms with van der Waals surface area (Å²) >= 11 is 1.62. The Hall–Kier alpha value is -2.69. The zero-order valence-corrected chi connectivity index (χ0v) is 18.8. The van der Waals surface area contributed by atoms with Gasteiger partial charge < -0.3 is 24.0 Å². The summed E-state index contributed by atoms with van der Waals surface area (Å²) in [6.07, 6.45) is 0.205. The summed E-state index contributed by atoms with van der Waals surface area (Å²) in [5.41, 5.74) is 1.61. The first-order chi connectivity index (χ1) is 15.6. The van der Waals surface area contributed by atoms with Gasteiger partial charge in [-0.05, 0) is 12.1 Å². The van der Waals surface area contributed by atoms with Gasteiger partial charge in [-0.15, -0.1) is 11.3 Å². The van der Waals surface area contributed by atoms with Crippen molar-refractivity contribution in [2.45, 2.75) is 19.5 Å². The Balaban J connectivity index is 1.18. The van der Waals surface area contributed by atoms with Gasteiger partial charge in [-0.3, -0.25) is 14.5 Å². The molecule has 3 aliphatic heterocycles. The van der Waals surface area contributed by atoms with Crippen molar-refractivity contribution in [3.8, 4) is 11.5 Å². The average Bonchev–Trinajstić information content (AvgIpc) is 3.53. The summed E-state index contributed by atoms with van der Waals surface area (Å²) in [4.78, 5) is 36.0. The number of fused-ring (bicyclic) bond motifs is 1. The van der Waals surface area contributed by atoms with E-state index in [4.69, 9.17) is 19.2 Å². The maximum absolute atomic E-state index is 13.0. The lowest BCUT2D eigenvalue weighted by atomic mass is 10.1. The highest BCUT2D eigenvalue weighted by molar-refractivity contribution is 7.09. The highest BCUT2D eigenvalue weighted by Gasteiger charge is 2.37. The molecule has 2 aromatic rings. The number of amides is 2. The predicted octanol–water partition coefficient (Wildman–Crippen LogP) is 1.72. The molecule has 0 bridgehead atoms. The van der Waals surface area contributed by atoms with Crippen LogP contribution in [-0.2, 0) is 27.4 Å². The minimum Gasteiger partial charge on any atom is -0.454 e. The van der Waals surface area contributed by atoms with Crippen LogP contribution < -0.4 is 14.4 Å². The molecule has 1 aromatic carbocycles. The van der Waals surface area contributed by atoms with Gasteiger partial charge in [-0.25, -0.2) is 4.98 Å². The van der Waals surface area contributed by atoms with Crippen molar-refractivity contribution in [2.75, 3.05) is 51.6 Å². The molecule has 2 fully saturated rings. The summed E-state index contributed by atoms with van der Waals surface area (Å²) < 4.78 is 16.1. The van der Waals surface area contributed by atoms with Crippen LogP contribution in [0.1, 0.15) is 17.1 Å². The second-order valence-corrected chi connectivity index (χ2v) is 9.20. The fraction of sp³-hybridized carbons (Fsp3) is 0.500. The van der Waals surface area contributed by atoms with Crippen LogP contribution >= 0.6 is 11.3 Å². The largest absolute Gasteiger partial charge is 0.454 e. The number of benzene rings is 1. The number of carbonyl (C=O) groups excluding carboxylic acids is 2. The Labute approximate surface area is 190 Å². The Morgan fingerprint density at radius 3 is 2.91 bits per heavy atom. The molecule has 0 radical (unpaired) electrons. The van der Waals surface area contributed by atoms with Gasteiger partial charge in [0.2, 0.25) is 18.6 Å². The molecule has 0 spiro atoms. The number of morpholine rings is 1. The van der Waals surface area contributed by atoms with E-state index < -0.39 is 0 Å². The van der Waals surface area contributed by atoms with E-state index in [9.17, 15) is 9.59 Å². The predicted molar refractivity (Wildman–Crippen MR) is 118 cm³/mol. The van der Waals surface area contributed by atoms with Gasteiger partial charge in [0.15, 0.2) is 11.5 Å². The van der Waals surface area contributed by atoms with Gasteiger partial charge in [0.05, 0.1) is 37.9 Å². The van der Waals surface area contributed by atoms with Crippen molar-refractivity contribution >= 4 is 28.8 Å². The van der Waals surface area contributed by atoms with E-state index in [0.29, 0.717) is 24.6 Å². The SMILES string of the molecule is CN(Cc1csc(CN2CCOCC2)n1)C(=O)C1CC(=O)N(c2ccc3c(c2)OCO3)C1. The van der Waals surface area contributed by atoms with Gasteiger partial charge in [-0.1, -0.05) is 0 Å². The number of hydrogen-bond acceptors (Lipinski definition) is 8. The van der Waals surface area contributed by atoms with E-state index in [1.807, 2.05) is 11.4 Å². The van der Waals surface area contributed by atoms with Crippen LogP contribution in [0.2, 0.25) is 0 Å². The first-order valence-electron chi connectivity index (χ1n) is 10.7. The van der Waals surface area contributed by atoms with Crippen molar-refractivity contribution in [2.24, 2.45) is 5.92 Å². The van der Waals surface area contributed by atoms with Crippen molar-refractivity contribution < 1.29 is 23.8 Å². The van der Waals surface area contributed by atoms with E-state index in [0.717, 1.165) is 49.2 Å². The fourth-order valence-corrected chi connectivity index (χ4v) is 5.08. The second-order valence-electron chi connectivity index (χ2n) is 8.26. The number of nitrogens with zero attached hydrogens (tertiary/aromatic N) is 4. The van der Waals surface area contributed by atoms with Gasteiger partial charge >= 0.3 is 0 Å². The second kappa shape index (κ2) is 9.05. The van der Waals surface area contributed by atoms with E-state index in [1.165, 1.54) is 0 Å². The first-order valence-corrected chi connectivity index (χ1v) is 11.6. The number of anilines is 1. The van der Waals surface area contributed by atoms with Crippen molar-refractivity contribution in [3.63, 3.8) is 0 Å². The van der Waals surface area contributed by atoms with Crippen molar-refractivity contribution in [1.82, 2.24) is 14.8 Å². The molecule has 10 heteroatoms. The molecule has 32 heavy (non-hydrogen) atoms. The fourth-order valence-electron chi connectivity index (χ4n) is 4.25. The molecule has 3 aliphatic rings. The third-order valence-corrected chi connectivity index (χ3v) is 6.86. The summed E-state index contributed by atoms with van der Waals surface area (Å²) in [5, 5.41) is 3.06. The highest BCUT2D eigenvalue weighted by Crippen LogP contribution is 2.37. The number of aromatic nitrogens is 1.